The SMILES string of the molecule is CC(=O)C1(C)CCC(C(=O)c2ccccc2)C1(C)C. The van der Waals surface area contributed by atoms with Crippen LogP contribution in [0.5, 0.6) is 0 Å². The van der Waals surface area contributed by atoms with Gasteiger partial charge >= 0.3 is 0 Å². The highest BCUT2D eigenvalue weighted by atomic mass is 16.1. The zero-order valence-electron chi connectivity index (χ0n) is 12.2. The van der Waals surface area contributed by atoms with Crippen LogP contribution in [0.2, 0.25) is 0 Å². The summed E-state index contributed by atoms with van der Waals surface area (Å²) in [4.78, 5) is 24.6. The van der Waals surface area contributed by atoms with Crippen molar-refractivity contribution in [2.75, 3.05) is 0 Å². The van der Waals surface area contributed by atoms with Crippen molar-refractivity contribution >= 4 is 11.6 Å². The summed E-state index contributed by atoms with van der Waals surface area (Å²) in [5.41, 5.74) is 0.0850. The molecule has 19 heavy (non-hydrogen) atoms. The van der Waals surface area contributed by atoms with Crippen LogP contribution in [0.15, 0.2) is 30.3 Å². The Morgan fingerprint density at radius 1 is 1.11 bits per heavy atom. The van der Waals surface area contributed by atoms with E-state index in [1.165, 1.54) is 0 Å². The van der Waals surface area contributed by atoms with E-state index in [1.54, 1.807) is 6.92 Å². The largest absolute Gasteiger partial charge is 0.299 e. The maximum atomic E-state index is 12.7. The van der Waals surface area contributed by atoms with Crippen molar-refractivity contribution in [2.24, 2.45) is 16.7 Å². The summed E-state index contributed by atoms with van der Waals surface area (Å²) >= 11 is 0. The molecule has 102 valence electrons. The highest BCUT2D eigenvalue weighted by Crippen LogP contribution is 2.57. The van der Waals surface area contributed by atoms with E-state index in [0.29, 0.717) is 0 Å². The van der Waals surface area contributed by atoms with Gasteiger partial charge in [0.1, 0.15) is 5.78 Å². The summed E-state index contributed by atoms with van der Waals surface area (Å²) in [6, 6.07) is 9.42. The van der Waals surface area contributed by atoms with Gasteiger partial charge in [-0.25, -0.2) is 0 Å². The van der Waals surface area contributed by atoms with E-state index < -0.39 is 0 Å². The molecule has 0 aliphatic heterocycles. The van der Waals surface area contributed by atoms with Gasteiger partial charge in [0.25, 0.3) is 0 Å². The van der Waals surface area contributed by atoms with Crippen LogP contribution >= 0.6 is 0 Å². The van der Waals surface area contributed by atoms with Gasteiger partial charge in [-0.15, -0.1) is 0 Å². The quantitative estimate of drug-likeness (QED) is 0.770. The molecule has 1 saturated carbocycles. The Labute approximate surface area is 115 Å². The number of rotatable bonds is 3. The lowest BCUT2D eigenvalue weighted by molar-refractivity contribution is -0.130. The first-order chi connectivity index (χ1) is 8.80. The normalized spacial score (nSPS) is 29.2. The summed E-state index contributed by atoms with van der Waals surface area (Å²) in [6.07, 6.45) is 1.61. The van der Waals surface area contributed by atoms with E-state index in [9.17, 15) is 9.59 Å². The fourth-order valence-electron chi connectivity index (χ4n) is 3.39. The summed E-state index contributed by atoms with van der Waals surface area (Å²) in [6.45, 7) is 7.78. The number of carbonyl (C=O) groups is 2. The average Bonchev–Trinajstić information content (AvgIpc) is 2.62. The lowest BCUT2D eigenvalue weighted by atomic mass is 9.63. The molecule has 1 aliphatic carbocycles. The van der Waals surface area contributed by atoms with Gasteiger partial charge in [0.15, 0.2) is 5.78 Å². The molecule has 2 rings (SSSR count). The molecule has 0 radical (unpaired) electrons. The van der Waals surface area contributed by atoms with Crippen molar-refractivity contribution in [2.45, 2.75) is 40.5 Å². The van der Waals surface area contributed by atoms with Gasteiger partial charge in [-0.1, -0.05) is 51.1 Å². The van der Waals surface area contributed by atoms with Crippen molar-refractivity contribution < 1.29 is 9.59 Å². The lowest BCUT2D eigenvalue weighted by Gasteiger charge is -2.39. The molecule has 0 aromatic heterocycles. The van der Waals surface area contributed by atoms with E-state index in [0.717, 1.165) is 18.4 Å². The molecule has 1 fully saturated rings. The standard InChI is InChI=1S/C17H22O2/c1-12(18)17(4)11-10-14(16(17,2)3)15(19)13-8-6-5-7-9-13/h5-9,14H,10-11H2,1-4H3. The minimum Gasteiger partial charge on any atom is -0.299 e. The van der Waals surface area contributed by atoms with Crippen LogP contribution in [-0.4, -0.2) is 11.6 Å². The second-order valence-corrected chi connectivity index (χ2v) is 6.43. The van der Waals surface area contributed by atoms with Crippen molar-refractivity contribution in [3.05, 3.63) is 35.9 Å². The number of Topliss-reactive ketones (excluding diaryl/α,β-unsaturated/α-hetero) is 2. The molecule has 2 atom stereocenters. The zero-order chi connectivity index (χ0) is 14.3. The van der Waals surface area contributed by atoms with Crippen LogP contribution in [0.4, 0.5) is 0 Å². The summed E-state index contributed by atoms with van der Waals surface area (Å²) in [5, 5.41) is 0. The molecule has 0 bridgehead atoms. The van der Waals surface area contributed by atoms with Crippen LogP contribution < -0.4 is 0 Å². The van der Waals surface area contributed by atoms with E-state index in [4.69, 9.17) is 0 Å². The number of ketones is 2. The number of benzene rings is 1. The van der Waals surface area contributed by atoms with Gasteiger partial charge in [-0.2, -0.15) is 0 Å². The first kappa shape index (κ1) is 14.0. The van der Waals surface area contributed by atoms with Gasteiger partial charge in [0.05, 0.1) is 0 Å². The molecule has 0 N–H and O–H groups in total. The molecule has 2 heteroatoms. The van der Waals surface area contributed by atoms with Gasteiger partial charge in [-0.05, 0) is 25.2 Å². The predicted octanol–water partition coefficient (Wildman–Crippen LogP) is 3.90. The van der Waals surface area contributed by atoms with Crippen molar-refractivity contribution in [1.29, 1.82) is 0 Å². The number of hydrogen-bond acceptors (Lipinski definition) is 2. The zero-order valence-corrected chi connectivity index (χ0v) is 12.2. The second-order valence-electron chi connectivity index (χ2n) is 6.43. The van der Waals surface area contributed by atoms with Gasteiger partial charge in [0, 0.05) is 16.9 Å². The third-order valence-electron chi connectivity index (χ3n) is 5.38. The first-order valence-corrected chi connectivity index (χ1v) is 6.91. The van der Waals surface area contributed by atoms with E-state index in [2.05, 4.69) is 13.8 Å². The monoisotopic (exact) mass is 258 g/mol. The van der Waals surface area contributed by atoms with Crippen LogP contribution in [-0.2, 0) is 4.79 Å². The van der Waals surface area contributed by atoms with E-state index >= 15 is 0 Å². The topological polar surface area (TPSA) is 34.1 Å². The Morgan fingerprint density at radius 3 is 2.16 bits per heavy atom. The molecule has 1 aromatic carbocycles. The number of carbonyl (C=O) groups excluding carboxylic acids is 2. The van der Waals surface area contributed by atoms with Crippen molar-refractivity contribution in [3.8, 4) is 0 Å². The van der Waals surface area contributed by atoms with Crippen LogP contribution in [0.3, 0.4) is 0 Å². The maximum Gasteiger partial charge on any atom is 0.166 e. The van der Waals surface area contributed by atoms with Crippen LogP contribution in [0.1, 0.15) is 50.9 Å². The molecule has 0 spiro atoms. The molecule has 0 amide bonds. The fourth-order valence-corrected chi connectivity index (χ4v) is 3.39. The molecule has 2 unspecified atom stereocenters. The molecular weight excluding hydrogens is 236 g/mol. The van der Waals surface area contributed by atoms with E-state index in [-0.39, 0.29) is 28.3 Å². The fraction of sp³-hybridized carbons (Fsp3) is 0.529. The third-order valence-corrected chi connectivity index (χ3v) is 5.38. The summed E-state index contributed by atoms with van der Waals surface area (Å²) in [5.74, 6) is 0.306. The highest BCUT2D eigenvalue weighted by molar-refractivity contribution is 5.99. The van der Waals surface area contributed by atoms with Gasteiger partial charge in [-0.3, -0.25) is 9.59 Å². The Bertz CT molecular complexity index is 501. The second kappa shape index (κ2) is 4.59. The highest BCUT2D eigenvalue weighted by Gasteiger charge is 2.56. The summed E-state index contributed by atoms with van der Waals surface area (Å²) in [7, 11) is 0. The average molecular weight is 258 g/mol. The molecule has 2 nitrogen and oxygen atoms in total. The van der Waals surface area contributed by atoms with Gasteiger partial charge in [0.2, 0.25) is 0 Å². The minimum absolute atomic E-state index is 0.0659. The molecule has 1 aliphatic rings. The first-order valence-electron chi connectivity index (χ1n) is 6.91. The molecule has 0 heterocycles. The maximum absolute atomic E-state index is 12.7. The van der Waals surface area contributed by atoms with E-state index in [1.807, 2.05) is 37.3 Å². The summed E-state index contributed by atoms with van der Waals surface area (Å²) < 4.78 is 0. The van der Waals surface area contributed by atoms with Crippen LogP contribution in [0.25, 0.3) is 0 Å². The number of hydrogen-bond donors (Lipinski definition) is 0. The van der Waals surface area contributed by atoms with Crippen molar-refractivity contribution in [1.82, 2.24) is 0 Å². The van der Waals surface area contributed by atoms with Crippen LogP contribution in [0, 0.1) is 16.7 Å². The third kappa shape index (κ3) is 2.03. The lowest BCUT2D eigenvalue weighted by Crippen LogP contribution is -2.41. The molecular formula is C17H22O2. The molecule has 1 aromatic rings. The molecule has 0 saturated heterocycles. The minimum atomic E-state index is -0.387. The Morgan fingerprint density at radius 2 is 1.68 bits per heavy atom. The Balaban J connectivity index is 2.34. The predicted molar refractivity (Wildman–Crippen MR) is 76.1 cm³/mol. The van der Waals surface area contributed by atoms with Crippen molar-refractivity contribution in [3.63, 3.8) is 0 Å². The smallest absolute Gasteiger partial charge is 0.166 e. The van der Waals surface area contributed by atoms with Gasteiger partial charge < -0.3 is 0 Å². The Kier molecular flexibility index (Phi) is 3.38. The Hall–Kier alpha value is -1.44.